The molecule has 108 valence electrons. The van der Waals surface area contributed by atoms with Crippen LogP contribution in [0.5, 0.6) is 0 Å². The first-order chi connectivity index (χ1) is 10.2. The Bertz CT molecular complexity index is 672. The van der Waals surface area contributed by atoms with E-state index in [9.17, 15) is 0 Å². The fraction of sp³-hybridized carbons (Fsp3) is 0.222. The van der Waals surface area contributed by atoms with E-state index in [2.05, 4.69) is 54.0 Å². The molecular weight excluding hydrogens is 278 g/mol. The molecule has 3 heteroatoms. The van der Waals surface area contributed by atoms with Crippen LogP contribution in [0.4, 0.5) is 0 Å². The van der Waals surface area contributed by atoms with E-state index in [-0.39, 0.29) is 12.1 Å². The highest BCUT2D eigenvalue weighted by Crippen LogP contribution is 2.29. The lowest BCUT2D eigenvalue weighted by Gasteiger charge is -2.22. The second-order valence-electron chi connectivity index (χ2n) is 5.20. The Kier molecular flexibility index (Phi) is 4.23. The SMILES string of the molecule is Cc1ccc(C(C)NC(c2ccccc2)c2cccs2)o1. The molecule has 21 heavy (non-hydrogen) atoms. The van der Waals surface area contributed by atoms with Crippen LogP contribution in [0.1, 0.15) is 41.0 Å². The lowest BCUT2D eigenvalue weighted by molar-refractivity contribution is 0.401. The smallest absolute Gasteiger partial charge is 0.120 e. The normalized spacial score (nSPS) is 14.0. The Morgan fingerprint density at radius 1 is 1.00 bits per heavy atom. The summed E-state index contributed by atoms with van der Waals surface area (Å²) in [7, 11) is 0. The Morgan fingerprint density at radius 2 is 1.81 bits per heavy atom. The van der Waals surface area contributed by atoms with Crippen LogP contribution in [0, 0.1) is 6.92 Å². The molecule has 0 radical (unpaired) electrons. The predicted molar refractivity (Wildman–Crippen MR) is 87.6 cm³/mol. The van der Waals surface area contributed by atoms with Gasteiger partial charge in [0.25, 0.3) is 0 Å². The summed E-state index contributed by atoms with van der Waals surface area (Å²) >= 11 is 1.78. The van der Waals surface area contributed by atoms with Gasteiger partial charge < -0.3 is 4.42 Å². The zero-order chi connectivity index (χ0) is 14.7. The van der Waals surface area contributed by atoms with E-state index in [1.165, 1.54) is 10.4 Å². The highest BCUT2D eigenvalue weighted by atomic mass is 32.1. The highest BCUT2D eigenvalue weighted by molar-refractivity contribution is 7.10. The quantitative estimate of drug-likeness (QED) is 0.709. The molecule has 0 bridgehead atoms. The molecule has 0 spiro atoms. The van der Waals surface area contributed by atoms with Crippen LogP contribution in [-0.4, -0.2) is 0 Å². The van der Waals surface area contributed by atoms with Gasteiger partial charge in [-0.3, -0.25) is 5.32 Å². The van der Waals surface area contributed by atoms with Crippen LogP contribution >= 0.6 is 11.3 Å². The standard InChI is InChI=1S/C18H19NOS/c1-13-10-11-16(20-13)14(2)19-18(17-9-6-12-21-17)15-7-4-3-5-8-15/h3-12,14,18-19H,1-2H3. The molecule has 0 aliphatic heterocycles. The average Bonchev–Trinajstić information content (AvgIpc) is 3.17. The van der Waals surface area contributed by atoms with E-state index in [1.807, 2.05) is 25.1 Å². The summed E-state index contributed by atoms with van der Waals surface area (Å²) in [6, 6.07) is 19.2. The molecule has 2 heterocycles. The summed E-state index contributed by atoms with van der Waals surface area (Å²) in [5.41, 5.74) is 1.27. The van der Waals surface area contributed by atoms with Crippen LogP contribution in [-0.2, 0) is 0 Å². The molecule has 0 aliphatic rings. The average molecular weight is 297 g/mol. The van der Waals surface area contributed by atoms with Crippen molar-refractivity contribution in [3.8, 4) is 0 Å². The van der Waals surface area contributed by atoms with Crippen molar-refractivity contribution >= 4 is 11.3 Å². The third-order valence-corrected chi connectivity index (χ3v) is 4.50. The maximum atomic E-state index is 5.74. The zero-order valence-corrected chi connectivity index (χ0v) is 13.1. The number of benzene rings is 1. The number of nitrogens with one attached hydrogen (secondary N) is 1. The van der Waals surface area contributed by atoms with Crippen LogP contribution in [0.25, 0.3) is 0 Å². The van der Waals surface area contributed by atoms with Crippen molar-refractivity contribution in [3.63, 3.8) is 0 Å². The number of thiophene rings is 1. The number of rotatable bonds is 5. The van der Waals surface area contributed by atoms with Gasteiger partial charge in [0.2, 0.25) is 0 Å². The lowest BCUT2D eigenvalue weighted by atomic mass is 10.0. The van der Waals surface area contributed by atoms with Gasteiger partial charge in [-0.25, -0.2) is 0 Å². The molecule has 2 unspecified atom stereocenters. The minimum absolute atomic E-state index is 0.158. The summed E-state index contributed by atoms with van der Waals surface area (Å²) in [5, 5.41) is 5.80. The summed E-state index contributed by atoms with van der Waals surface area (Å²) in [5.74, 6) is 1.93. The van der Waals surface area contributed by atoms with Crippen molar-refractivity contribution in [2.45, 2.75) is 25.9 Å². The molecule has 0 fully saturated rings. The first kappa shape index (κ1) is 14.1. The number of aryl methyl sites for hydroxylation is 1. The Hall–Kier alpha value is -1.84. The molecule has 1 N–H and O–H groups in total. The number of furan rings is 1. The number of hydrogen-bond donors (Lipinski definition) is 1. The highest BCUT2D eigenvalue weighted by Gasteiger charge is 2.19. The molecule has 0 saturated carbocycles. The van der Waals surface area contributed by atoms with E-state index in [1.54, 1.807) is 11.3 Å². The van der Waals surface area contributed by atoms with Crippen molar-refractivity contribution in [1.82, 2.24) is 5.32 Å². The molecule has 2 nitrogen and oxygen atoms in total. The maximum absolute atomic E-state index is 5.74. The summed E-state index contributed by atoms with van der Waals surface area (Å²) in [4.78, 5) is 1.32. The van der Waals surface area contributed by atoms with Gasteiger partial charge in [0.15, 0.2) is 0 Å². The summed E-state index contributed by atoms with van der Waals surface area (Å²) in [6.45, 7) is 4.12. The van der Waals surface area contributed by atoms with E-state index >= 15 is 0 Å². The zero-order valence-electron chi connectivity index (χ0n) is 12.2. The molecule has 1 aromatic carbocycles. The van der Waals surface area contributed by atoms with Gasteiger partial charge in [-0.2, -0.15) is 0 Å². The van der Waals surface area contributed by atoms with E-state index in [0.29, 0.717) is 0 Å². The van der Waals surface area contributed by atoms with Gasteiger partial charge in [-0.05, 0) is 43.0 Å². The lowest BCUT2D eigenvalue weighted by Crippen LogP contribution is -2.24. The van der Waals surface area contributed by atoms with Gasteiger partial charge in [0, 0.05) is 4.88 Å². The molecule has 0 saturated heterocycles. The summed E-state index contributed by atoms with van der Waals surface area (Å²) in [6.07, 6.45) is 0. The molecule has 0 aliphatic carbocycles. The van der Waals surface area contributed by atoms with Crippen LogP contribution < -0.4 is 5.32 Å². The fourth-order valence-electron chi connectivity index (χ4n) is 2.46. The summed E-state index contributed by atoms with van der Waals surface area (Å²) < 4.78 is 5.74. The van der Waals surface area contributed by atoms with Gasteiger partial charge >= 0.3 is 0 Å². The van der Waals surface area contributed by atoms with Crippen LogP contribution in [0.3, 0.4) is 0 Å². The van der Waals surface area contributed by atoms with Crippen molar-refractivity contribution in [1.29, 1.82) is 0 Å². The Balaban J connectivity index is 1.86. The van der Waals surface area contributed by atoms with Gasteiger partial charge in [-0.15, -0.1) is 11.3 Å². The Morgan fingerprint density at radius 3 is 2.43 bits per heavy atom. The largest absolute Gasteiger partial charge is 0.465 e. The third kappa shape index (κ3) is 3.26. The van der Waals surface area contributed by atoms with E-state index in [0.717, 1.165) is 11.5 Å². The van der Waals surface area contributed by atoms with Gasteiger partial charge in [-0.1, -0.05) is 36.4 Å². The predicted octanol–water partition coefficient (Wildman–Crippen LogP) is 5.09. The van der Waals surface area contributed by atoms with Crippen LogP contribution in [0.2, 0.25) is 0 Å². The molecule has 2 aromatic heterocycles. The van der Waals surface area contributed by atoms with Crippen molar-refractivity contribution in [2.24, 2.45) is 0 Å². The van der Waals surface area contributed by atoms with Crippen LogP contribution in [0.15, 0.2) is 64.4 Å². The van der Waals surface area contributed by atoms with E-state index < -0.39 is 0 Å². The van der Waals surface area contributed by atoms with Crippen molar-refractivity contribution in [2.75, 3.05) is 0 Å². The topological polar surface area (TPSA) is 25.2 Å². The van der Waals surface area contributed by atoms with Crippen molar-refractivity contribution < 1.29 is 4.42 Å². The Labute approximate surface area is 129 Å². The second kappa shape index (κ2) is 6.29. The first-order valence-electron chi connectivity index (χ1n) is 7.15. The number of hydrogen-bond acceptors (Lipinski definition) is 3. The van der Waals surface area contributed by atoms with Gasteiger partial charge in [0.05, 0.1) is 12.1 Å². The molecule has 3 rings (SSSR count). The van der Waals surface area contributed by atoms with Gasteiger partial charge in [0.1, 0.15) is 11.5 Å². The van der Waals surface area contributed by atoms with E-state index in [4.69, 9.17) is 4.42 Å². The maximum Gasteiger partial charge on any atom is 0.120 e. The third-order valence-electron chi connectivity index (χ3n) is 3.57. The minimum Gasteiger partial charge on any atom is -0.465 e. The molecule has 0 amide bonds. The molecule has 3 aromatic rings. The minimum atomic E-state index is 0.158. The molecule has 2 atom stereocenters. The monoisotopic (exact) mass is 297 g/mol. The van der Waals surface area contributed by atoms with Crippen molar-refractivity contribution in [3.05, 3.63) is 81.9 Å². The fourth-order valence-corrected chi connectivity index (χ4v) is 3.27. The second-order valence-corrected chi connectivity index (χ2v) is 6.18. The first-order valence-corrected chi connectivity index (χ1v) is 8.03. The molecular formula is C18H19NOS.